The molecule has 1 aromatic heterocycles. The van der Waals surface area contributed by atoms with Gasteiger partial charge in [0.25, 0.3) is 0 Å². The predicted octanol–water partition coefficient (Wildman–Crippen LogP) is 5.91. The molecule has 0 saturated carbocycles. The summed E-state index contributed by atoms with van der Waals surface area (Å²) in [6, 6.07) is 12.8. The Bertz CT molecular complexity index is 820. The van der Waals surface area contributed by atoms with Crippen molar-refractivity contribution in [1.29, 1.82) is 0 Å². The summed E-state index contributed by atoms with van der Waals surface area (Å²) in [6.45, 7) is 12.7. The third-order valence-corrected chi connectivity index (χ3v) is 3.00. The number of H-pyrrole nitrogens is 1. The molecule has 0 saturated heterocycles. The maximum atomic E-state index is 12.7. The maximum Gasteiger partial charge on any atom is 0.141 e. The van der Waals surface area contributed by atoms with Gasteiger partial charge in [0.05, 0.1) is 18.2 Å². The quantitative estimate of drug-likeness (QED) is 0.408. The van der Waals surface area contributed by atoms with Crippen molar-refractivity contribution < 1.29 is 4.39 Å². The van der Waals surface area contributed by atoms with Gasteiger partial charge in [0.15, 0.2) is 0 Å². The lowest BCUT2D eigenvalue weighted by Crippen LogP contribution is -2.04. The van der Waals surface area contributed by atoms with E-state index in [0.717, 1.165) is 17.6 Å². The average Bonchev–Trinajstić information content (AvgIpc) is 2.78. The highest BCUT2D eigenvalue weighted by Gasteiger charge is 1.96. The van der Waals surface area contributed by atoms with Crippen molar-refractivity contribution in [2.24, 2.45) is 5.10 Å². The summed E-state index contributed by atoms with van der Waals surface area (Å²) in [5.41, 5.74) is 3.07. The van der Waals surface area contributed by atoms with Crippen molar-refractivity contribution in [2.45, 2.75) is 20.8 Å². The maximum absolute atomic E-state index is 12.7. The Morgan fingerprint density at radius 1 is 1.25 bits per heavy atom. The van der Waals surface area contributed by atoms with E-state index in [2.05, 4.69) is 40.7 Å². The first-order chi connectivity index (χ1) is 13.5. The number of halogens is 1. The number of benzene rings is 1. The molecule has 5 heteroatoms. The highest BCUT2D eigenvalue weighted by atomic mass is 19.1. The normalized spacial score (nSPS) is 8.82. The van der Waals surface area contributed by atoms with Crippen LogP contribution in [0.2, 0.25) is 0 Å². The number of aromatic amines is 1. The van der Waals surface area contributed by atoms with E-state index < -0.39 is 0 Å². The van der Waals surface area contributed by atoms with E-state index in [1.807, 2.05) is 50.3 Å². The van der Waals surface area contributed by atoms with E-state index in [-0.39, 0.29) is 5.82 Å². The molecule has 2 aromatic rings. The van der Waals surface area contributed by atoms with Crippen LogP contribution in [0.4, 0.5) is 10.1 Å². The minimum Gasteiger partial charge on any atom is -0.346 e. The summed E-state index contributed by atoms with van der Waals surface area (Å²) in [6.07, 6.45) is 12.6. The number of allylic oxidation sites excluding steroid dienone is 1. The van der Waals surface area contributed by atoms with Crippen LogP contribution in [0, 0.1) is 25.1 Å². The van der Waals surface area contributed by atoms with E-state index in [1.165, 1.54) is 18.0 Å². The summed E-state index contributed by atoms with van der Waals surface area (Å²) in [5.74, 6) is 1.89. The molecule has 0 bridgehead atoms. The Morgan fingerprint density at radius 2 is 1.89 bits per heavy atom. The minimum atomic E-state index is -0.365. The zero-order chi connectivity index (χ0) is 21.2. The molecular formula is C23H27FN4. The van der Waals surface area contributed by atoms with Gasteiger partial charge in [0, 0.05) is 18.6 Å². The Balaban J connectivity index is 0.000000458. The SMILES string of the molecule is C#CC.C=CN(N=C)c1ccc(C)cc1.CC=Cc1cccc(F)cnc[nH]1. The second kappa shape index (κ2) is 15.6. The van der Waals surface area contributed by atoms with Gasteiger partial charge in [0.2, 0.25) is 0 Å². The molecule has 4 nitrogen and oxygen atoms in total. The molecule has 1 heterocycles. The lowest BCUT2D eigenvalue weighted by atomic mass is 10.2. The fraction of sp³-hybridized carbons (Fsp3) is 0.130. The van der Waals surface area contributed by atoms with Crippen LogP contribution in [0.1, 0.15) is 25.1 Å². The molecule has 1 N–H and O–H groups in total. The summed E-state index contributed by atoms with van der Waals surface area (Å²) in [5, 5.41) is 5.40. The molecule has 0 aliphatic rings. The topological polar surface area (TPSA) is 44.3 Å². The standard InChI is InChI=1S/C10H11FN2.C10H12N2.C3H4/c1-2-4-10-6-3-5-9(11)7-12-8-13-10;1-4-12(11-3)10-7-5-9(2)6-8-10;1-3-2/h2-8H,1H3,(H,12,13);4-8H,1,3H2,2H3;1H,2H3. The first kappa shape index (κ1) is 24.4. The van der Waals surface area contributed by atoms with Crippen LogP contribution < -0.4 is 5.01 Å². The highest BCUT2D eigenvalue weighted by Crippen LogP contribution is 2.14. The molecule has 0 radical (unpaired) electrons. The zero-order valence-corrected chi connectivity index (χ0v) is 16.6. The number of anilines is 1. The molecule has 0 aliphatic carbocycles. The monoisotopic (exact) mass is 378 g/mol. The van der Waals surface area contributed by atoms with Crippen LogP contribution in [-0.2, 0) is 0 Å². The van der Waals surface area contributed by atoms with Crippen molar-refractivity contribution >= 4 is 18.5 Å². The number of hydrogen-bond donors (Lipinski definition) is 1. The number of aromatic nitrogens is 2. The van der Waals surface area contributed by atoms with Crippen LogP contribution in [-0.4, -0.2) is 16.7 Å². The molecular weight excluding hydrogens is 351 g/mol. The second-order valence-corrected chi connectivity index (χ2v) is 5.21. The van der Waals surface area contributed by atoms with Gasteiger partial charge in [-0.1, -0.05) is 36.4 Å². The Morgan fingerprint density at radius 3 is 2.43 bits per heavy atom. The predicted molar refractivity (Wildman–Crippen MR) is 119 cm³/mol. The number of nitrogens with one attached hydrogen (secondary N) is 1. The Hall–Kier alpha value is -3.65. The van der Waals surface area contributed by atoms with E-state index in [4.69, 9.17) is 0 Å². The Labute approximate surface area is 167 Å². The zero-order valence-electron chi connectivity index (χ0n) is 16.6. The smallest absolute Gasteiger partial charge is 0.141 e. The molecule has 146 valence electrons. The molecule has 1 aromatic carbocycles. The van der Waals surface area contributed by atoms with E-state index in [9.17, 15) is 4.39 Å². The third kappa shape index (κ3) is 11.1. The van der Waals surface area contributed by atoms with Crippen molar-refractivity contribution in [2.75, 3.05) is 5.01 Å². The van der Waals surface area contributed by atoms with Gasteiger partial charge >= 0.3 is 0 Å². The second-order valence-electron chi connectivity index (χ2n) is 5.21. The van der Waals surface area contributed by atoms with Crippen LogP contribution in [0.5, 0.6) is 0 Å². The van der Waals surface area contributed by atoms with E-state index in [0.29, 0.717) is 0 Å². The molecule has 0 amide bonds. The number of rotatable bonds is 4. The fourth-order valence-electron chi connectivity index (χ4n) is 1.78. The van der Waals surface area contributed by atoms with Crippen LogP contribution in [0.25, 0.3) is 6.08 Å². The molecule has 0 unspecified atom stereocenters. The number of hydrogen-bond acceptors (Lipinski definition) is 3. The average molecular weight is 378 g/mol. The molecule has 2 rings (SSSR count). The van der Waals surface area contributed by atoms with Gasteiger partial charge in [-0.2, -0.15) is 5.10 Å². The fourth-order valence-corrected chi connectivity index (χ4v) is 1.78. The van der Waals surface area contributed by atoms with Crippen LogP contribution in [0.15, 0.2) is 78.9 Å². The van der Waals surface area contributed by atoms with Gasteiger partial charge in [-0.05, 0) is 51.1 Å². The molecule has 0 aliphatic heterocycles. The largest absolute Gasteiger partial charge is 0.346 e. The first-order valence-corrected chi connectivity index (χ1v) is 8.49. The lowest BCUT2D eigenvalue weighted by Gasteiger charge is -2.12. The Kier molecular flexibility index (Phi) is 13.6. The van der Waals surface area contributed by atoms with Gasteiger partial charge in [-0.15, -0.1) is 12.3 Å². The summed E-state index contributed by atoms with van der Waals surface area (Å²) in [7, 11) is 0. The number of aryl methyl sites for hydroxylation is 1. The van der Waals surface area contributed by atoms with Gasteiger partial charge in [-0.25, -0.2) is 14.4 Å². The summed E-state index contributed by atoms with van der Waals surface area (Å²) in [4.78, 5) is 6.61. The minimum absolute atomic E-state index is 0.365. The summed E-state index contributed by atoms with van der Waals surface area (Å²) >= 11 is 0. The molecule has 0 fully saturated rings. The molecule has 28 heavy (non-hydrogen) atoms. The van der Waals surface area contributed by atoms with Crippen molar-refractivity contribution in [1.82, 2.24) is 9.97 Å². The number of nitrogens with zero attached hydrogens (tertiary/aromatic N) is 3. The van der Waals surface area contributed by atoms with Gasteiger partial charge in [0.1, 0.15) is 5.82 Å². The highest BCUT2D eigenvalue weighted by molar-refractivity contribution is 5.50. The molecule has 0 spiro atoms. The number of hydrazone groups is 1. The van der Waals surface area contributed by atoms with Crippen molar-refractivity contribution in [3.63, 3.8) is 0 Å². The lowest BCUT2D eigenvalue weighted by molar-refractivity contribution is 0.623. The van der Waals surface area contributed by atoms with E-state index >= 15 is 0 Å². The van der Waals surface area contributed by atoms with Gasteiger partial charge in [-0.3, -0.25) is 0 Å². The summed E-state index contributed by atoms with van der Waals surface area (Å²) < 4.78 is 12.7. The molecule has 0 atom stereocenters. The third-order valence-electron chi connectivity index (χ3n) is 3.00. The van der Waals surface area contributed by atoms with Crippen LogP contribution >= 0.6 is 0 Å². The van der Waals surface area contributed by atoms with Crippen molar-refractivity contribution in [3.8, 4) is 12.3 Å². The van der Waals surface area contributed by atoms with Crippen LogP contribution in [0.3, 0.4) is 0 Å². The number of terminal acetylenes is 1. The van der Waals surface area contributed by atoms with Gasteiger partial charge < -0.3 is 4.98 Å². The first-order valence-electron chi connectivity index (χ1n) is 8.49. The van der Waals surface area contributed by atoms with Crippen molar-refractivity contribution in [3.05, 3.63) is 90.9 Å². The van der Waals surface area contributed by atoms with E-state index in [1.54, 1.807) is 30.3 Å².